The summed E-state index contributed by atoms with van der Waals surface area (Å²) in [6, 6.07) is 7.88. The van der Waals surface area contributed by atoms with Gasteiger partial charge in [-0.25, -0.2) is 4.98 Å². The van der Waals surface area contributed by atoms with Gasteiger partial charge in [0.05, 0.1) is 11.0 Å². The summed E-state index contributed by atoms with van der Waals surface area (Å²) < 4.78 is 41.8. The summed E-state index contributed by atoms with van der Waals surface area (Å²) in [5, 5.41) is 26.1. The second-order valence-electron chi connectivity index (χ2n) is 7.42. The molecule has 0 unspecified atom stereocenters. The van der Waals surface area contributed by atoms with Crippen molar-refractivity contribution in [2.75, 3.05) is 17.2 Å². The SMILES string of the molecule is N#CC1CCC(CNc2nc(NCc3ccccc3OC(F)(F)F)ncc2[N+](=O)[O-])CC1. The molecule has 1 saturated carbocycles. The fourth-order valence-corrected chi connectivity index (χ4v) is 3.51. The van der Waals surface area contributed by atoms with Crippen molar-refractivity contribution in [3.05, 3.63) is 46.1 Å². The van der Waals surface area contributed by atoms with Crippen molar-refractivity contribution < 1.29 is 22.8 Å². The molecule has 9 nitrogen and oxygen atoms in total. The molecule has 0 radical (unpaired) electrons. The Hall–Kier alpha value is -3.62. The van der Waals surface area contributed by atoms with Crippen LogP contribution in [0.15, 0.2) is 30.5 Å². The number of nitrogens with one attached hydrogen (secondary N) is 2. The molecule has 1 aliphatic carbocycles. The van der Waals surface area contributed by atoms with Gasteiger partial charge < -0.3 is 15.4 Å². The molecule has 170 valence electrons. The highest BCUT2D eigenvalue weighted by Gasteiger charge is 2.32. The van der Waals surface area contributed by atoms with Crippen LogP contribution >= 0.6 is 0 Å². The molecule has 32 heavy (non-hydrogen) atoms. The maximum absolute atomic E-state index is 12.6. The monoisotopic (exact) mass is 450 g/mol. The summed E-state index contributed by atoms with van der Waals surface area (Å²) in [6.07, 6.45) is -0.524. The lowest BCUT2D eigenvalue weighted by Crippen LogP contribution is -2.21. The van der Waals surface area contributed by atoms with Crippen LogP contribution in [0.1, 0.15) is 31.2 Å². The van der Waals surface area contributed by atoms with E-state index in [0.29, 0.717) is 6.54 Å². The molecule has 12 heteroatoms. The van der Waals surface area contributed by atoms with E-state index in [0.717, 1.165) is 31.9 Å². The first kappa shape index (κ1) is 23.1. The fourth-order valence-electron chi connectivity index (χ4n) is 3.51. The van der Waals surface area contributed by atoms with E-state index >= 15 is 0 Å². The lowest BCUT2D eigenvalue weighted by molar-refractivity contribution is -0.384. The third kappa shape index (κ3) is 6.44. The summed E-state index contributed by atoms with van der Waals surface area (Å²) in [5.41, 5.74) is -0.0856. The van der Waals surface area contributed by atoms with Gasteiger partial charge in [-0.3, -0.25) is 10.1 Å². The minimum absolute atomic E-state index is 0.0214. The van der Waals surface area contributed by atoms with Gasteiger partial charge in [0, 0.05) is 24.6 Å². The van der Waals surface area contributed by atoms with Crippen molar-refractivity contribution >= 4 is 17.5 Å². The number of hydrogen-bond acceptors (Lipinski definition) is 8. The Bertz CT molecular complexity index is 987. The maximum Gasteiger partial charge on any atom is 0.573 e. The molecule has 0 saturated heterocycles. The number of aromatic nitrogens is 2. The van der Waals surface area contributed by atoms with E-state index < -0.39 is 11.3 Å². The van der Waals surface area contributed by atoms with Crippen molar-refractivity contribution in [1.82, 2.24) is 9.97 Å². The lowest BCUT2D eigenvalue weighted by Gasteiger charge is -2.24. The first-order valence-electron chi connectivity index (χ1n) is 9.97. The van der Waals surface area contributed by atoms with Crippen LogP contribution in [0.4, 0.5) is 30.6 Å². The van der Waals surface area contributed by atoms with Crippen molar-refractivity contribution in [2.24, 2.45) is 11.8 Å². The molecular formula is C20H21F3N6O3. The van der Waals surface area contributed by atoms with Gasteiger partial charge in [-0.15, -0.1) is 13.2 Å². The largest absolute Gasteiger partial charge is 0.573 e. The van der Waals surface area contributed by atoms with Crippen molar-refractivity contribution in [1.29, 1.82) is 5.26 Å². The molecule has 0 spiro atoms. The van der Waals surface area contributed by atoms with E-state index in [9.17, 15) is 23.3 Å². The first-order chi connectivity index (χ1) is 15.2. The van der Waals surface area contributed by atoms with Crippen molar-refractivity contribution in [3.8, 4) is 11.8 Å². The summed E-state index contributed by atoms with van der Waals surface area (Å²) in [5.74, 6) is 0.000167. The van der Waals surface area contributed by atoms with Gasteiger partial charge in [0.15, 0.2) is 0 Å². The molecule has 2 N–H and O–H groups in total. The normalized spacial score (nSPS) is 18.4. The Labute approximate surface area is 181 Å². The average Bonchev–Trinajstić information content (AvgIpc) is 2.76. The van der Waals surface area contributed by atoms with E-state index in [1.807, 2.05) is 0 Å². The number of nitrogens with zero attached hydrogens (tertiary/aromatic N) is 4. The van der Waals surface area contributed by atoms with Gasteiger partial charge in [0.25, 0.3) is 0 Å². The van der Waals surface area contributed by atoms with Crippen molar-refractivity contribution in [3.63, 3.8) is 0 Å². The smallest absolute Gasteiger partial charge is 0.405 e. The number of para-hydroxylation sites is 1. The second-order valence-corrected chi connectivity index (χ2v) is 7.42. The van der Waals surface area contributed by atoms with Gasteiger partial charge >= 0.3 is 12.0 Å². The number of rotatable bonds is 8. The zero-order chi connectivity index (χ0) is 23.1. The molecule has 2 aromatic rings. The van der Waals surface area contributed by atoms with Gasteiger partial charge in [0.2, 0.25) is 11.8 Å². The standard InChI is InChI=1S/C20H21F3N6O3/c21-20(22,23)32-17-4-2-1-3-15(17)11-26-19-27-12-16(29(30)31)18(28-19)25-10-14-7-5-13(9-24)6-8-14/h1-4,12-14H,5-8,10-11H2,(H2,25,26,27,28). The third-order valence-corrected chi connectivity index (χ3v) is 5.19. The highest BCUT2D eigenvalue weighted by molar-refractivity contribution is 5.57. The quantitative estimate of drug-likeness (QED) is 0.440. The van der Waals surface area contributed by atoms with E-state index in [1.54, 1.807) is 6.07 Å². The number of alkyl halides is 3. The molecule has 1 aromatic carbocycles. The van der Waals surface area contributed by atoms with Gasteiger partial charge in [-0.1, -0.05) is 18.2 Å². The average molecular weight is 450 g/mol. The Morgan fingerprint density at radius 1 is 1.22 bits per heavy atom. The number of nitriles is 1. The van der Waals surface area contributed by atoms with E-state index in [-0.39, 0.29) is 47.1 Å². The Balaban J connectivity index is 1.67. The van der Waals surface area contributed by atoms with E-state index in [1.165, 1.54) is 18.2 Å². The van der Waals surface area contributed by atoms with Crippen molar-refractivity contribution in [2.45, 2.75) is 38.6 Å². The molecule has 1 heterocycles. The fraction of sp³-hybridized carbons (Fsp3) is 0.450. The summed E-state index contributed by atoms with van der Waals surface area (Å²) in [6.45, 7) is 0.374. The van der Waals surface area contributed by atoms with Gasteiger partial charge in [0.1, 0.15) is 11.9 Å². The number of benzene rings is 1. The highest BCUT2D eigenvalue weighted by Crippen LogP contribution is 2.30. The molecule has 0 bridgehead atoms. The summed E-state index contributed by atoms with van der Waals surface area (Å²) in [7, 11) is 0. The number of anilines is 2. The molecular weight excluding hydrogens is 429 g/mol. The Morgan fingerprint density at radius 3 is 2.59 bits per heavy atom. The van der Waals surface area contributed by atoms with Crippen LogP contribution in [0.5, 0.6) is 5.75 Å². The molecule has 0 amide bonds. The number of nitro groups is 1. The molecule has 0 atom stereocenters. The highest BCUT2D eigenvalue weighted by atomic mass is 19.4. The molecule has 1 fully saturated rings. The topological polar surface area (TPSA) is 126 Å². The second kappa shape index (κ2) is 10.1. The molecule has 1 aliphatic rings. The van der Waals surface area contributed by atoms with E-state index in [4.69, 9.17) is 5.26 Å². The Morgan fingerprint density at radius 2 is 1.94 bits per heavy atom. The molecule has 1 aromatic heterocycles. The van der Waals surface area contributed by atoms with Crippen LogP contribution in [0, 0.1) is 33.3 Å². The first-order valence-corrected chi connectivity index (χ1v) is 9.97. The maximum atomic E-state index is 12.6. The number of halogens is 3. The summed E-state index contributed by atoms with van der Waals surface area (Å²) in [4.78, 5) is 18.8. The van der Waals surface area contributed by atoms with Crippen LogP contribution < -0.4 is 15.4 Å². The van der Waals surface area contributed by atoms with Gasteiger partial charge in [-0.05, 0) is 37.7 Å². The third-order valence-electron chi connectivity index (χ3n) is 5.19. The lowest BCUT2D eigenvalue weighted by atomic mass is 9.83. The minimum Gasteiger partial charge on any atom is -0.405 e. The number of ether oxygens (including phenoxy) is 1. The zero-order valence-corrected chi connectivity index (χ0v) is 16.9. The van der Waals surface area contributed by atoms with Gasteiger partial charge in [-0.2, -0.15) is 10.2 Å². The molecule has 3 rings (SSSR count). The zero-order valence-electron chi connectivity index (χ0n) is 16.9. The number of hydrogen-bond donors (Lipinski definition) is 2. The summed E-state index contributed by atoms with van der Waals surface area (Å²) >= 11 is 0. The minimum atomic E-state index is -4.83. The van der Waals surface area contributed by atoms with Crippen LogP contribution in [0.25, 0.3) is 0 Å². The predicted molar refractivity (Wildman–Crippen MR) is 109 cm³/mol. The Kier molecular flexibility index (Phi) is 7.29. The van der Waals surface area contributed by atoms with Crippen LogP contribution in [0.3, 0.4) is 0 Å². The van der Waals surface area contributed by atoms with Crippen LogP contribution in [0.2, 0.25) is 0 Å². The molecule has 0 aliphatic heterocycles. The van der Waals surface area contributed by atoms with Crippen LogP contribution in [-0.4, -0.2) is 27.8 Å². The van der Waals surface area contributed by atoms with Crippen LogP contribution in [-0.2, 0) is 6.54 Å². The predicted octanol–water partition coefficient (Wildman–Crippen LogP) is 4.64. The van der Waals surface area contributed by atoms with E-state index in [2.05, 4.69) is 31.4 Å².